The third kappa shape index (κ3) is 8.57. The number of oxime groups is 1. The molecule has 7 nitrogen and oxygen atoms in total. The van der Waals surface area contributed by atoms with Crippen LogP contribution in [0.25, 0.3) is 0 Å². The lowest BCUT2D eigenvalue weighted by Gasteiger charge is -2.06. The second-order valence-electron chi connectivity index (χ2n) is 4.65. The molecular weight excluding hydrogens is 300 g/mol. The highest BCUT2D eigenvalue weighted by atomic mass is 16.6. The molecule has 1 amide bonds. The summed E-state index contributed by atoms with van der Waals surface area (Å²) in [6.45, 7) is 2.51. The molecule has 0 saturated carbocycles. The molecule has 1 aromatic carbocycles. The molecule has 0 aliphatic carbocycles. The van der Waals surface area contributed by atoms with Gasteiger partial charge in [0.25, 0.3) is 0 Å². The Kier molecular flexibility index (Phi) is 9.07. The Morgan fingerprint density at radius 1 is 1.13 bits per heavy atom. The SMILES string of the molecule is COCCOC(=O)NCCO/N=C(/C)C(=O)Cc1ccccc1. The summed E-state index contributed by atoms with van der Waals surface area (Å²) in [5.41, 5.74) is 1.21. The van der Waals surface area contributed by atoms with E-state index in [1.165, 1.54) is 7.11 Å². The van der Waals surface area contributed by atoms with Crippen LogP contribution < -0.4 is 5.32 Å². The Bertz CT molecular complexity index is 516. The van der Waals surface area contributed by atoms with Crippen LogP contribution in [0, 0.1) is 0 Å². The lowest BCUT2D eigenvalue weighted by Crippen LogP contribution is -2.28. The molecule has 0 radical (unpaired) electrons. The standard InChI is InChI=1S/C16H22N2O5/c1-13(15(19)12-14-6-4-3-5-7-14)18-23-9-8-17-16(20)22-11-10-21-2/h3-7H,8-12H2,1-2H3,(H,17,20)/b18-13-. The second-order valence-corrected chi connectivity index (χ2v) is 4.65. The quantitative estimate of drug-likeness (QED) is 0.401. The zero-order valence-electron chi connectivity index (χ0n) is 13.4. The average Bonchev–Trinajstić information content (AvgIpc) is 2.55. The Balaban J connectivity index is 2.18. The topological polar surface area (TPSA) is 86.2 Å². The van der Waals surface area contributed by atoms with Gasteiger partial charge in [-0.15, -0.1) is 0 Å². The van der Waals surface area contributed by atoms with Gasteiger partial charge in [-0.2, -0.15) is 0 Å². The van der Waals surface area contributed by atoms with Crippen molar-refractivity contribution in [1.29, 1.82) is 0 Å². The minimum atomic E-state index is -0.550. The Morgan fingerprint density at radius 3 is 2.57 bits per heavy atom. The maximum absolute atomic E-state index is 11.9. The molecule has 1 N–H and O–H groups in total. The van der Waals surface area contributed by atoms with Crippen molar-refractivity contribution >= 4 is 17.6 Å². The van der Waals surface area contributed by atoms with Crippen LogP contribution in [-0.2, 0) is 25.5 Å². The molecule has 0 spiro atoms. The number of ketones is 1. The zero-order valence-corrected chi connectivity index (χ0v) is 13.4. The molecule has 0 saturated heterocycles. The van der Waals surface area contributed by atoms with Gasteiger partial charge in [0.1, 0.15) is 18.9 Å². The van der Waals surface area contributed by atoms with Crippen LogP contribution in [-0.4, -0.2) is 51.1 Å². The molecule has 126 valence electrons. The number of rotatable bonds is 10. The summed E-state index contributed by atoms with van der Waals surface area (Å²) in [5, 5.41) is 6.24. The molecule has 1 aromatic rings. The van der Waals surface area contributed by atoms with Crippen molar-refractivity contribution < 1.29 is 23.9 Å². The number of ether oxygens (including phenoxy) is 2. The highest BCUT2D eigenvalue weighted by molar-refractivity contribution is 6.39. The summed E-state index contributed by atoms with van der Waals surface area (Å²) in [4.78, 5) is 28.1. The Morgan fingerprint density at radius 2 is 1.87 bits per heavy atom. The van der Waals surface area contributed by atoms with E-state index in [-0.39, 0.29) is 37.7 Å². The summed E-state index contributed by atoms with van der Waals surface area (Å²) in [5.74, 6) is -0.108. The molecule has 0 fully saturated rings. The molecule has 1 rings (SSSR count). The fourth-order valence-electron chi connectivity index (χ4n) is 1.57. The van der Waals surface area contributed by atoms with Crippen LogP contribution >= 0.6 is 0 Å². The smallest absolute Gasteiger partial charge is 0.407 e. The van der Waals surface area contributed by atoms with Gasteiger partial charge in [-0.3, -0.25) is 4.79 Å². The zero-order chi connectivity index (χ0) is 16.9. The maximum Gasteiger partial charge on any atom is 0.407 e. The molecule has 0 aliphatic rings. The highest BCUT2D eigenvalue weighted by Gasteiger charge is 2.08. The number of nitrogens with zero attached hydrogens (tertiary/aromatic N) is 1. The molecule has 0 heterocycles. The van der Waals surface area contributed by atoms with Crippen molar-refractivity contribution in [3.05, 3.63) is 35.9 Å². The first-order valence-corrected chi connectivity index (χ1v) is 7.26. The summed E-state index contributed by atoms with van der Waals surface area (Å²) >= 11 is 0. The highest BCUT2D eigenvalue weighted by Crippen LogP contribution is 2.01. The van der Waals surface area contributed by atoms with Crippen LogP contribution in [0.5, 0.6) is 0 Å². The van der Waals surface area contributed by atoms with Crippen LogP contribution in [0.4, 0.5) is 4.79 Å². The third-order valence-corrected chi connectivity index (χ3v) is 2.80. The Labute approximate surface area is 135 Å². The number of hydrogen-bond donors (Lipinski definition) is 1. The van der Waals surface area contributed by atoms with E-state index >= 15 is 0 Å². The van der Waals surface area contributed by atoms with Gasteiger partial charge in [-0.25, -0.2) is 4.79 Å². The number of hydrogen-bond acceptors (Lipinski definition) is 6. The summed E-state index contributed by atoms with van der Waals surface area (Å²) in [7, 11) is 1.52. The van der Waals surface area contributed by atoms with Gasteiger partial charge in [-0.1, -0.05) is 35.5 Å². The van der Waals surface area contributed by atoms with Crippen molar-refractivity contribution in [2.45, 2.75) is 13.3 Å². The molecule has 0 aliphatic heterocycles. The summed E-state index contributed by atoms with van der Waals surface area (Å²) < 4.78 is 9.54. The summed E-state index contributed by atoms with van der Waals surface area (Å²) in [6.07, 6.45) is -0.268. The van der Waals surface area contributed by atoms with E-state index in [9.17, 15) is 9.59 Å². The van der Waals surface area contributed by atoms with E-state index in [1.807, 2.05) is 30.3 Å². The fraction of sp³-hybridized carbons (Fsp3) is 0.438. The maximum atomic E-state index is 11.9. The van der Waals surface area contributed by atoms with Gasteiger partial charge in [-0.05, 0) is 12.5 Å². The van der Waals surface area contributed by atoms with Crippen LogP contribution in [0.2, 0.25) is 0 Å². The van der Waals surface area contributed by atoms with Crippen molar-refractivity contribution in [2.75, 3.05) is 33.5 Å². The first kappa shape index (κ1) is 18.6. The molecule has 0 atom stereocenters. The van der Waals surface area contributed by atoms with E-state index in [1.54, 1.807) is 6.92 Å². The number of Topliss-reactive ketones (excluding diaryl/α,β-unsaturated/α-hetero) is 1. The number of benzene rings is 1. The number of amides is 1. The Hall–Kier alpha value is -2.41. The first-order valence-electron chi connectivity index (χ1n) is 7.26. The molecule has 7 heteroatoms. The molecule has 23 heavy (non-hydrogen) atoms. The molecule has 0 aromatic heterocycles. The lowest BCUT2D eigenvalue weighted by molar-refractivity contribution is -0.112. The van der Waals surface area contributed by atoms with Crippen molar-refractivity contribution in [1.82, 2.24) is 5.32 Å². The first-order chi connectivity index (χ1) is 11.1. The largest absolute Gasteiger partial charge is 0.447 e. The van der Waals surface area contributed by atoms with Crippen molar-refractivity contribution in [2.24, 2.45) is 5.16 Å². The third-order valence-electron chi connectivity index (χ3n) is 2.80. The minimum absolute atomic E-state index is 0.108. The van der Waals surface area contributed by atoms with Gasteiger partial charge >= 0.3 is 6.09 Å². The van der Waals surface area contributed by atoms with E-state index in [2.05, 4.69) is 10.5 Å². The van der Waals surface area contributed by atoms with E-state index in [0.29, 0.717) is 6.61 Å². The number of carbonyl (C=O) groups is 2. The van der Waals surface area contributed by atoms with Gasteiger partial charge in [0, 0.05) is 13.5 Å². The molecule has 0 bridgehead atoms. The number of nitrogens with one attached hydrogen (secondary N) is 1. The van der Waals surface area contributed by atoms with E-state index in [0.717, 1.165) is 5.56 Å². The van der Waals surface area contributed by atoms with Crippen molar-refractivity contribution in [3.8, 4) is 0 Å². The monoisotopic (exact) mass is 322 g/mol. The summed E-state index contributed by atoms with van der Waals surface area (Å²) in [6, 6.07) is 9.41. The minimum Gasteiger partial charge on any atom is -0.447 e. The van der Waals surface area contributed by atoms with Crippen molar-refractivity contribution in [3.63, 3.8) is 0 Å². The molecule has 0 unspecified atom stereocenters. The second kappa shape index (κ2) is 11.2. The van der Waals surface area contributed by atoms with Gasteiger partial charge < -0.3 is 19.6 Å². The van der Waals surface area contributed by atoms with Gasteiger partial charge in [0.15, 0.2) is 5.78 Å². The number of methoxy groups -OCH3 is 1. The van der Waals surface area contributed by atoms with Gasteiger partial charge in [0.05, 0.1) is 13.2 Å². The van der Waals surface area contributed by atoms with Gasteiger partial charge in [0.2, 0.25) is 0 Å². The van der Waals surface area contributed by atoms with Crippen LogP contribution in [0.3, 0.4) is 0 Å². The predicted molar refractivity (Wildman–Crippen MR) is 85.4 cm³/mol. The predicted octanol–water partition coefficient (Wildman–Crippen LogP) is 1.56. The lowest BCUT2D eigenvalue weighted by atomic mass is 10.1. The number of carbonyl (C=O) groups excluding carboxylic acids is 2. The van der Waals surface area contributed by atoms with Crippen LogP contribution in [0.15, 0.2) is 35.5 Å². The normalized spacial score (nSPS) is 11.0. The van der Waals surface area contributed by atoms with E-state index in [4.69, 9.17) is 14.3 Å². The average molecular weight is 322 g/mol. The van der Waals surface area contributed by atoms with E-state index < -0.39 is 6.09 Å². The van der Waals surface area contributed by atoms with Crippen LogP contribution in [0.1, 0.15) is 12.5 Å². The molecular formula is C16H22N2O5. The fourth-order valence-corrected chi connectivity index (χ4v) is 1.57. The number of alkyl carbamates (subject to hydrolysis) is 1.